The van der Waals surface area contributed by atoms with Crippen molar-refractivity contribution in [1.29, 1.82) is 0 Å². The van der Waals surface area contributed by atoms with Gasteiger partial charge in [-0.25, -0.2) is 4.98 Å². The zero-order chi connectivity index (χ0) is 20.8. The Kier molecular flexibility index (Phi) is 4.18. The molecule has 3 heterocycles. The van der Waals surface area contributed by atoms with E-state index in [2.05, 4.69) is 58.2 Å². The number of aromatic nitrogens is 1. The first-order valence-electron chi connectivity index (χ1n) is 10.0. The molecule has 0 radical (unpaired) electrons. The van der Waals surface area contributed by atoms with Crippen LogP contribution >= 0.6 is 11.3 Å². The Balaban J connectivity index is 1.28. The molecule has 0 spiro atoms. The predicted molar refractivity (Wildman–Crippen MR) is 126 cm³/mol. The first kappa shape index (κ1) is 18.0. The summed E-state index contributed by atoms with van der Waals surface area (Å²) >= 11 is 1.61. The Morgan fingerprint density at radius 2 is 1.71 bits per heavy atom. The zero-order valence-corrected chi connectivity index (χ0v) is 17.7. The average Bonchev–Trinajstić information content (AvgIpc) is 3.48. The number of hydrogen-bond donors (Lipinski definition) is 0. The van der Waals surface area contributed by atoms with Crippen LogP contribution in [0.15, 0.2) is 89.5 Å². The largest absolute Gasteiger partial charge is 0.457 e. The van der Waals surface area contributed by atoms with Gasteiger partial charge in [0.1, 0.15) is 16.5 Å². The van der Waals surface area contributed by atoms with Gasteiger partial charge in [0.05, 0.1) is 29.0 Å². The van der Waals surface area contributed by atoms with E-state index in [4.69, 9.17) is 9.15 Å². The second-order valence-corrected chi connectivity index (χ2v) is 8.52. The highest BCUT2D eigenvalue weighted by Gasteiger charge is 2.24. The number of thiazole rings is 1. The number of fused-ring (bicyclic) bond motifs is 2. The molecule has 152 valence electrons. The highest BCUT2D eigenvalue weighted by atomic mass is 32.1. The van der Waals surface area contributed by atoms with Gasteiger partial charge in [0, 0.05) is 24.4 Å². The third-order valence-corrected chi connectivity index (χ3v) is 6.45. The predicted octanol–water partition coefficient (Wildman–Crippen LogP) is 6.89. The van der Waals surface area contributed by atoms with E-state index >= 15 is 0 Å². The molecule has 31 heavy (non-hydrogen) atoms. The monoisotopic (exact) mass is 425 g/mol. The van der Waals surface area contributed by atoms with Crippen molar-refractivity contribution >= 4 is 38.8 Å². The molecule has 0 N–H and O–H groups in total. The molecule has 0 bridgehead atoms. The maximum absolute atomic E-state index is 6.22. The van der Waals surface area contributed by atoms with Crippen LogP contribution in [0.5, 0.6) is 11.5 Å². The molecule has 5 nitrogen and oxygen atoms in total. The molecule has 0 amide bonds. The molecule has 0 fully saturated rings. The molecule has 6 rings (SSSR count). The van der Waals surface area contributed by atoms with E-state index in [1.165, 1.54) is 11.4 Å². The number of hydrogen-bond acceptors (Lipinski definition) is 6. The molecular weight excluding hydrogens is 406 g/mol. The maximum Gasteiger partial charge on any atom is 0.237 e. The molecular formula is C25H19N3O2S. The Hall–Kier alpha value is -3.77. The molecule has 0 aliphatic carbocycles. The van der Waals surface area contributed by atoms with Gasteiger partial charge in [-0.2, -0.15) is 0 Å². The molecule has 0 saturated heterocycles. The zero-order valence-electron chi connectivity index (χ0n) is 16.9. The topological polar surface area (TPSA) is 41.7 Å². The van der Waals surface area contributed by atoms with E-state index < -0.39 is 0 Å². The standard InChI is InChI=1S/C25H19N3O2S/c1-27-16-28(22-11-3-2-10-21(22)27)18-7-5-9-20(15-18)30-19-8-4-6-17(14-19)25-26-24-23(31-25)12-13-29-24/h2-15H,16H2,1H3. The Morgan fingerprint density at radius 3 is 2.58 bits per heavy atom. The highest BCUT2D eigenvalue weighted by molar-refractivity contribution is 7.21. The summed E-state index contributed by atoms with van der Waals surface area (Å²) in [6.07, 6.45) is 1.67. The van der Waals surface area contributed by atoms with E-state index in [-0.39, 0.29) is 0 Å². The van der Waals surface area contributed by atoms with Gasteiger partial charge in [0.2, 0.25) is 5.71 Å². The minimum Gasteiger partial charge on any atom is -0.457 e. The molecule has 0 unspecified atom stereocenters. The van der Waals surface area contributed by atoms with Crippen molar-refractivity contribution in [2.24, 2.45) is 0 Å². The minimum absolute atomic E-state index is 0.676. The Bertz CT molecular complexity index is 1360. The minimum atomic E-state index is 0.676. The number of ether oxygens (including phenoxy) is 1. The van der Waals surface area contributed by atoms with Crippen molar-refractivity contribution in [1.82, 2.24) is 4.98 Å². The smallest absolute Gasteiger partial charge is 0.237 e. The van der Waals surface area contributed by atoms with Gasteiger partial charge in [-0.15, -0.1) is 11.3 Å². The first-order valence-corrected chi connectivity index (χ1v) is 10.9. The lowest BCUT2D eigenvalue weighted by Crippen LogP contribution is -2.23. The summed E-state index contributed by atoms with van der Waals surface area (Å²) in [6.45, 7) is 0.809. The van der Waals surface area contributed by atoms with Crippen molar-refractivity contribution in [3.63, 3.8) is 0 Å². The van der Waals surface area contributed by atoms with Gasteiger partial charge in [-0.05, 0) is 42.5 Å². The number of benzene rings is 3. The quantitative estimate of drug-likeness (QED) is 0.313. The summed E-state index contributed by atoms with van der Waals surface area (Å²) in [5.41, 5.74) is 5.23. The lowest BCUT2D eigenvalue weighted by molar-refractivity contribution is 0.483. The normalized spacial score (nSPS) is 13.1. The van der Waals surface area contributed by atoms with Gasteiger partial charge in [0.15, 0.2) is 0 Å². The fourth-order valence-electron chi connectivity index (χ4n) is 3.94. The van der Waals surface area contributed by atoms with Crippen LogP contribution in [0, 0.1) is 0 Å². The first-order chi connectivity index (χ1) is 15.2. The summed E-state index contributed by atoms with van der Waals surface area (Å²) in [6, 6.07) is 26.6. The van der Waals surface area contributed by atoms with Crippen LogP contribution in [0.25, 0.3) is 21.0 Å². The number of furan rings is 1. The van der Waals surface area contributed by atoms with Gasteiger partial charge < -0.3 is 19.0 Å². The fourth-order valence-corrected chi connectivity index (χ4v) is 4.82. The van der Waals surface area contributed by atoms with E-state index in [0.29, 0.717) is 5.71 Å². The van der Waals surface area contributed by atoms with Crippen LogP contribution < -0.4 is 14.5 Å². The highest BCUT2D eigenvalue weighted by Crippen LogP contribution is 2.41. The molecule has 3 aromatic carbocycles. The third kappa shape index (κ3) is 3.21. The summed E-state index contributed by atoms with van der Waals surface area (Å²) in [7, 11) is 2.11. The summed E-state index contributed by atoms with van der Waals surface area (Å²) in [4.78, 5) is 9.11. The lowest BCUT2D eigenvalue weighted by Gasteiger charge is -2.20. The van der Waals surface area contributed by atoms with Gasteiger partial charge in [-0.1, -0.05) is 30.3 Å². The SMILES string of the molecule is CN1CN(c2cccc(Oc3cccc(-c4nc5occc5s4)c3)c2)c2ccccc21. The molecule has 6 heteroatoms. The van der Waals surface area contributed by atoms with E-state index in [9.17, 15) is 0 Å². The third-order valence-electron chi connectivity index (χ3n) is 5.40. The van der Waals surface area contributed by atoms with Crippen molar-refractivity contribution < 1.29 is 9.15 Å². The number of nitrogens with zero attached hydrogens (tertiary/aromatic N) is 3. The van der Waals surface area contributed by atoms with Gasteiger partial charge >= 0.3 is 0 Å². The van der Waals surface area contributed by atoms with Crippen molar-refractivity contribution in [2.45, 2.75) is 0 Å². The molecule has 0 atom stereocenters. The summed E-state index contributed by atoms with van der Waals surface area (Å²) < 4.78 is 12.7. The van der Waals surface area contributed by atoms with Gasteiger partial charge in [0.25, 0.3) is 0 Å². The van der Waals surface area contributed by atoms with Crippen LogP contribution in [0.3, 0.4) is 0 Å². The van der Waals surface area contributed by atoms with Crippen molar-refractivity contribution in [2.75, 3.05) is 23.5 Å². The van der Waals surface area contributed by atoms with Crippen molar-refractivity contribution in [3.8, 4) is 22.1 Å². The van der Waals surface area contributed by atoms with Crippen LogP contribution in [-0.4, -0.2) is 18.7 Å². The Morgan fingerprint density at radius 1 is 0.903 bits per heavy atom. The van der Waals surface area contributed by atoms with Crippen LogP contribution in [0.2, 0.25) is 0 Å². The van der Waals surface area contributed by atoms with Crippen LogP contribution in [0.4, 0.5) is 17.1 Å². The molecule has 1 aliphatic rings. The van der Waals surface area contributed by atoms with E-state index in [0.717, 1.165) is 39.1 Å². The molecule has 1 aliphatic heterocycles. The Labute approximate surface area is 183 Å². The second-order valence-electron chi connectivity index (χ2n) is 7.49. The maximum atomic E-state index is 6.22. The molecule has 2 aromatic heterocycles. The van der Waals surface area contributed by atoms with Crippen LogP contribution in [-0.2, 0) is 0 Å². The van der Waals surface area contributed by atoms with E-state index in [1.807, 2.05) is 42.5 Å². The summed E-state index contributed by atoms with van der Waals surface area (Å²) in [5.74, 6) is 1.58. The summed E-state index contributed by atoms with van der Waals surface area (Å²) in [5, 5.41) is 0.922. The number of para-hydroxylation sites is 2. The van der Waals surface area contributed by atoms with E-state index in [1.54, 1.807) is 17.6 Å². The second kappa shape index (κ2) is 7.18. The molecule has 0 saturated carbocycles. The molecule has 5 aromatic rings. The fraction of sp³-hybridized carbons (Fsp3) is 0.0800. The number of rotatable bonds is 4. The average molecular weight is 426 g/mol. The number of anilines is 3. The van der Waals surface area contributed by atoms with Crippen LogP contribution in [0.1, 0.15) is 0 Å². The van der Waals surface area contributed by atoms with Crippen molar-refractivity contribution in [3.05, 3.63) is 85.1 Å². The van der Waals surface area contributed by atoms with Gasteiger partial charge in [-0.3, -0.25) is 0 Å². The lowest BCUT2D eigenvalue weighted by atomic mass is 10.2.